The molecule has 0 bridgehead atoms. The number of nitrogens with zero attached hydrogens (tertiary/aromatic N) is 2. The molecule has 144 valence electrons. The number of carbonyl (C=O) groups excluding carboxylic acids is 2. The van der Waals surface area contributed by atoms with E-state index in [0.717, 1.165) is 5.56 Å². The summed E-state index contributed by atoms with van der Waals surface area (Å²) in [5.74, 6) is -0.195. The minimum Gasteiger partial charge on any atom is -0.335 e. The van der Waals surface area contributed by atoms with Gasteiger partial charge in [-0.1, -0.05) is 24.3 Å². The number of urea groups is 1. The molecule has 1 aromatic heterocycles. The third-order valence-electron chi connectivity index (χ3n) is 4.29. The van der Waals surface area contributed by atoms with Crippen LogP contribution in [0.4, 0.5) is 16.2 Å². The lowest BCUT2D eigenvalue weighted by Gasteiger charge is -2.17. The first-order valence-electron chi connectivity index (χ1n) is 9.02. The molecule has 0 aliphatic rings. The third-order valence-corrected chi connectivity index (χ3v) is 4.29. The number of nitrogens with one attached hydrogen (secondary N) is 3. The van der Waals surface area contributed by atoms with Gasteiger partial charge >= 0.3 is 6.03 Å². The Balaban J connectivity index is 1.62. The second kappa shape index (κ2) is 8.85. The molecule has 3 rings (SSSR count). The maximum atomic E-state index is 12.4. The maximum absolute atomic E-state index is 12.4. The van der Waals surface area contributed by atoms with Crippen LogP contribution in [0.25, 0.3) is 0 Å². The van der Waals surface area contributed by atoms with Gasteiger partial charge in [-0.2, -0.15) is 0 Å². The van der Waals surface area contributed by atoms with E-state index in [0.29, 0.717) is 23.5 Å². The van der Waals surface area contributed by atoms with Crippen LogP contribution in [0.1, 0.15) is 22.8 Å². The molecule has 2 aromatic carbocycles. The summed E-state index contributed by atoms with van der Waals surface area (Å²) in [7, 11) is 0. The van der Waals surface area contributed by atoms with Gasteiger partial charge in [0, 0.05) is 41.9 Å². The first kappa shape index (κ1) is 19.2. The quantitative estimate of drug-likeness (QED) is 0.613. The number of benzene rings is 2. The zero-order valence-corrected chi connectivity index (χ0v) is 15.8. The van der Waals surface area contributed by atoms with Crippen molar-refractivity contribution in [3.05, 3.63) is 78.4 Å². The lowest BCUT2D eigenvalue weighted by atomic mass is 10.1. The Morgan fingerprint density at radius 1 is 1.04 bits per heavy atom. The standard InChI is InChI=1S/C21H23N5O2/c1-15(13-26-12-11-22-14-26)23-21(28)25-19-10-6-9-18(16(19)2)24-20(27)17-7-4-3-5-8-17/h3-12,14-15H,13H2,1-2H3,(H,24,27)(H2,23,25,28)/t15-/m0/s1. The van der Waals surface area contributed by atoms with Crippen LogP contribution in [-0.4, -0.2) is 27.5 Å². The first-order valence-corrected chi connectivity index (χ1v) is 9.02. The molecule has 3 amide bonds. The zero-order chi connectivity index (χ0) is 19.9. The fourth-order valence-corrected chi connectivity index (χ4v) is 2.83. The van der Waals surface area contributed by atoms with Crippen molar-refractivity contribution in [3.63, 3.8) is 0 Å². The monoisotopic (exact) mass is 377 g/mol. The summed E-state index contributed by atoms with van der Waals surface area (Å²) < 4.78 is 1.90. The molecule has 28 heavy (non-hydrogen) atoms. The Morgan fingerprint density at radius 2 is 1.75 bits per heavy atom. The van der Waals surface area contributed by atoms with E-state index in [-0.39, 0.29) is 18.0 Å². The Kier molecular flexibility index (Phi) is 6.06. The van der Waals surface area contributed by atoms with Crippen molar-refractivity contribution >= 4 is 23.3 Å². The van der Waals surface area contributed by atoms with Crippen LogP contribution >= 0.6 is 0 Å². The summed E-state index contributed by atoms with van der Waals surface area (Å²) in [5, 5.41) is 8.63. The van der Waals surface area contributed by atoms with Crippen LogP contribution < -0.4 is 16.0 Å². The van der Waals surface area contributed by atoms with Gasteiger partial charge in [-0.15, -0.1) is 0 Å². The molecule has 3 aromatic rings. The normalized spacial score (nSPS) is 11.5. The van der Waals surface area contributed by atoms with Gasteiger partial charge in [-0.05, 0) is 43.7 Å². The molecule has 0 aliphatic carbocycles. The molecule has 7 nitrogen and oxygen atoms in total. The number of amides is 3. The molecule has 0 aliphatic heterocycles. The van der Waals surface area contributed by atoms with Crippen LogP contribution in [0.15, 0.2) is 67.3 Å². The number of imidazole rings is 1. The lowest BCUT2D eigenvalue weighted by molar-refractivity contribution is 0.102. The fourth-order valence-electron chi connectivity index (χ4n) is 2.83. The summed E-state index contributed by atoms with van der Waals surface area (Å²) in [4.78, 5) is 28.7. The van der Waals surface area contributed by atoms with E-state index >= 15 is 0 Å². The van der Waals surface area contributed by atoms with Crippen molar-refractivity contribution < 1.29 is 9.59 Å². The highest BCUT2D eigenvalue weighted by atomic mass is 16.2. The molecule has 0 saturated heterocycles. The zero-order valence-electron chi connectivity index (χ0n) is 15.8. The Morgan fingerprint density at radius 3 is 2.43 bits per heavy atom. The molecule has 1 heterocycles. The van der Waals surface area contributed by atoms with Gasteiger partial charge in [0.1, 0.15) is 0 Å². The number of hydrogen-bond donors (Lipinski definition) is 3. The van der Waals surface area contributed by atoms with E-state index in [4.69, 9.17) is 0 Å². The number of anilines is 2. The number of carbonyl (C=O) groups is 2. The predicted molar refractivity (Wildman–Crippen MR) is 109 cm³/mol. The van der Waals surface area contributed by atoms with Gasteiger partial charge in [-0.25, -0.2) is 9.78 Å². The van der Waals surface area contributed by atoms with Gasteiger partial charge in [0.25, 0.3) is 5.91 Å². The van der Waals surface area contributed by atoms with E-state index in [1.54, 1.807) is 42.9 Å². The summed E-state index contributed by atoms with van der Waals surface area (Å²) >= 11 is 0. The van der Waals surface area contributed by atoms with E-state index < -0.39 is 0 Å². The van der Waals surface area contributed by atoms with Crippen molar-refractivity contribution in [3.8, 4) is 0 Å². The average molecular weight is 377 g/mol. The van der Waals surface area contributed by atoms with Crippen molar-refractivity contribution in [2.75, 3.05) is 10.6 Å². The minimum absolute atomic E-state index is 0.0736. The van der Waals surface area contributed by atoms with Gasteiger partial charge < -0.3 is 20.5 Å². The minimum atomic E-state index is -0.303. The number of hydrogen-bond acceptors (Lipinski definition) is 3. The summed E-state index contributed by atoms with van der Waals surface area (Å²) in [6.07, 6.45) is 5.25. The van der Waals surface area contributed by atoms with E-state index in [9.17, 15) is 9.59 Å². The fraction of sp³-hybridized carbons (Fsp3) is 0.190. The van der Waals surface area contributed by atoms with Gasteiger partial charge in [0.2, 0.25) is 0 Å². The molecule has 7 heteroatoms. The van der Waals surface area contributed by atoms with Crippen LogP contribution in [0.3, 0.4) is 0 Å². The van der Waals surface area contributed by atoms with E-state index in [2.05, 4.69) is 20.9 Å². The number of rotatable bonds is 6. The molecule has 0 spiro atoms. The molecule has 1 atom stereocenters. The maximum Gasteiger partial charge on any atom is 0.319 e. The summed E-state index contributed by atoms with van der Waals surface area (Å²) in [6.45, 7) is 4.40. The highest BCUT2D eigenvalue weighted by molar-refractivity contribution is 6.05. The third kappa shape index (κ3) is 4.97. The molecule has 0 saturated carbocycles. The van der Waals surface area contributed by atoms with Gasteiger partial charge in [-0.3, -0.25) is 4.79 Å². The second-order valence-corrected chi connectivity index (χ2v) is 6.56. The molecule has 0 fully saturated rings. The van der Waals surface area contributed by atoms with Crippen molar-refractivity contribution in [2.24, 2.45) is 0 Å². The Labute approximate surface area is 163 Å². The molecular weight excluding hydrogens is 354 g/mol. The largest absolute Gasteiger partial charge is 0.335 e. The SMILES string of the molecule is Cc1c(NC(=O)N[C@@H](C)Cn2ccnc2)cccc1NC(=O)c1ccccc1. The Hall–Kier alpha value is -3.61. The average Bonchev–Trinajstić information content (AvgIpc) is 3.18. The Bertz CT molecular complexity index is 939. The topological polar surface area (TPSA) is 88.1 Å². The van der Waals surface area contributed by atoms with E-state index in [1.807, 2.05) is 42.8 Å². The van der Waals surface area contributed by atoms with Crippen molar-refractivity contribution in [2.45, 2.75) is 26.4 Å². The summed E-state index contributed by atoms with van der Waals surface area (Å²) in [6, 6.07) is 14.0. The smallest absolute Gasteiger partial charge is 0.319 e. The van der Waals surface area contributed by atoms with Crippen LogP contribution in [0.5, 0.6) is 0 Å². The van der Waals surface area contributed by atoms with Crippen LogP contribution in [0, 0.1) is 6.92 Å². The summed E-state index contributed by atoms with van der Waals surface area (Å²) in [5.41, 5.74) is 2.65. The first-order chi connectivity index (χ1) is 13.5. The van der Waals surface area contributed by atoms with Crippen molar-refractivity contribution in [1.82, 2.24) is 14.9 Å². The van der Waals surface area contributed by atoms with E-state index in [1.165, 1.54) is 0 Å². The van der Waals surface area contributed by atoms with Crippen molar-refractivity contribution in [1.29, 1.82) is 0 Å². The predicted octanol–water partition coefficient (Wildman–Crippen LogP) is 3.65. The molecule has 0 unspecified atom stereocenters. The van der Waals surface area contributed by atoms with Crippen LogP contribution in [-0.2, 0) is 6.54 Å². The highest BCUT2D eigenvalue weighted by Gasteiger charge is 2.12. The van der Waals surface area contributed by atoms with Crippen LogP contribution in [0.2, 0.25) is 0 Å². The van der Waals surface area contributed by atoms with Gasteiger partial charge in [0.05, 0.1) is 6.33 Å². The van der Waals surface area contributed by atoms with Gasteiger partial charge in [0.15, 0.2) is 0 Å². The second-order valence-electron chi connectivity index (χ2n) is 6.56. The molecular formula is C21H23N5O2. The molecule has 0 radical (unpaired) electrons. The molecule has 3 N–H and O–H groups in total. The number of aromatic nitrogens is 2. The lowest BCUT2D eigenvalue weighted by Crippen LogP contribution is -2.38. The highest BCUT2D eigenvalue weighted by Crippen LogP contribution is 2.24.